The van der Waals surface area contributed by atoms with Gasteiger partial charge in [0, 0.05) is 25.1 Å². The van der Waals surface area contributed by atoms with Gasteiger partial charge in [0.25, 0.3) is 11.8 Å². The molecule has 0 atom stereocenters. The largest absolute Gasteiger partial charge is 0.491 e. The maximum atomic E-state index is 14.6. The summed E-state index contributed by atoms with van der Waals surface area (Å²) in [6, 6.07) is 8.79. The van der Waals surface area contributed by atoms with Crippen molar-refractivity contribution in [1.29, 1.82) is 5.26 Å². The van der Waals surface area contributed by atoms with Gasteiger partial charge in [-0.25, -0.2) is 4.39 Å². The lowest BCUT2D eigenvalue weighted by Crippen LogP contribution is -2.33. The summed E-state index contributed by atoms with van der Waals surface area (Å²) in [5, 5.41) is 14.5. The van der Waals surface area contributed by atoms with Crippen LogP contribution in [0.5, 0.6) is 5.75 Å². The van der Waals surface area contributed by atoms with Crippen LogP contribution in [0.4, 0.5) is 4.39 Å². The average molecular weight is 465 g/mol. The minimum Gasteiger partial charge on any atom is -0.491 e. The second kappa shape index (κ2) is 10.2. The van der Waals surface area contributed by atoms with Gasteiger partial charge >= 0.3 is 0 Å². The molecular formula is C26H29FN4O3. The molecule has 0 aliphatic carbocycles. The van der Waals surface area contributed by atoms with E-state index in [4.69, 9.17) is 4.74 Å². The van der Waals surface area contributed by atoms with Crippen LogP contribution in [0, 0.1) is 30.0 Å². The highest BCUT2D eigenvalue weighted by atomic mass is 19.1. The molecule has 0 bridgehead atoms. The Kier molecular flexibility index (Phi) is 7.13. The van der Waals surface area contributed by atoms with Crippen molar-refractivity contribution >= 4 is 11.8 Å². The summed E-state index contributed by atoms with van der Waals surface area (Å²) < 4.78 is 20.6. The van der Waals surface area contributed by atoms with Crippen molar-refractivity contribution in [2.24, 2.45) is 5.92 Å². The summed E-state index contributed by atoms with van der Waals surface area (Å²) in [5.41, 5.74) is 4.08. The zero-order valence-corrected chi connectivity index (χ0v) is 19.5. The molecule has 0 spiro atoms. The number of carbonyl (C=O) groups is 2. The van der Waals surface area contributed by atoms with Crippen molar-refractivity contribution in [2.45, 2.75) is 32.7 Å². The summed E-state index contributed by atoms with van der Waals surface area (Å²) in [4.78, 5) is 26.9. The Morgan fingerprint density at radius 3 is 2.76 bits per heavy atom. The van der Waals surface area contributed by atoms with Crippen molar-refractivity contribution in [2.75, 3.05) is 33.3 Å². The number of nitrogens with one attached hydrogen (secondary N) is 2. The normalized spacial score (nSPS) is 16.6. The Labute approximate surface area is 198 Å². The second-order valence-electron chi connectivity index (χ2n) is 8.87. The molecule has 4 rings (SSSR count). The molecule has 2 heterocycles. The van der Waals surface area contributed by atoms with Crippen LogP contribution in [-0.4, -0.2) is 50.0 Å². The zero-order valence-electron chi connectivity index (χ0n) is 19.5. The van der Waals surface area contributed by atoms with Gasteiger partial charge in [-0.3, -0.25) is 14.5 Å². The lowest BCUT2D eigenvalue weighted by Gasteiger charge is -2.30. The summed E-state index contributed by atoms with van der Waals surface area (Å²) in [7, 11) is 1.46. The van der Waals surface area contributed by atoms with Gasteiger partial charge in [-0.2, -0.15) is 5.26 Å². The number of carbonyl (C=O) groups excluding carboxylic acids is 2. The first kappa shape index (κ1) is 23.7. The van der Waals surface area contributed by atoms with Crippen LogP contribution in [-0.2, 0) is 13.0 Å². The quantitative estimate of drug-likeness (QED) is 0.710. The fourth-order valence-electron chi connectivity index (χ4n) is 4.65. The zero-order chi connectivity index (χ0) is 24.2. The number of benzene rings is 2. The molecule has 2 aromatic rings. The van der Waals surface area contributed by atoms with Gasteiger partial charge in [0.2, 0.25) is 0 Å². The molecule has 0 unspecified atom stereocenters. The minimum atomic E-state index is -0.578. The number of hydrogen-bond acceptors (Lipinski definition) is 5. The third kappa shape index (κ3) is 4.90. The molecule has 2 aromatic carbocycles. The molecule has 2 aliphatic rings. The number of ether oxygens (including phenoxy) is 1. The molecule has 0 aromatic heterocycles. The molecule has 0 radical (unpaired) electrons. The monoisotopic (exact) mass is 464 g/mol. The Balaban J connectivity index is 1.69. The molecule has 178 valence electrons. The lowest BCUT2D eigenvalue weighted by molar-refractivity contribution is 0.0949. The topological polar surface area (TPSA) is 94.5 Å². The molecular weight excluding hydrogens is 435 g/mol. The van der Waals surface area contributed by atoms with Crippen LogP contribution in [0.15, 0.2) is 24.3 Å². The molecule has 7 nitrogen and oxygen atoms in total. The number of rotatable bonds is 5. The molecule has 2 amide bonds. The van der Waals surface area contributed by atoms with E-state index in [0.29, 0.717) is 43.0 Å². The van der Waals surface area contributed by atoms with E-state index in [1.165, 1.54) is 19.2 Å². The van der Waals surface area contributed by atoms with E-state index in [1.54, 1.807) is 6.07 Å². The fraction of sp³-hybridized carbons (Fsp3) is 0.423. The van der Waals surface area contributed by atoms with Gasteiger partial charge in [0.05, 0.1) is 23.7 Å². The van der Waals surface area contributed by atoms with E-state index >= 15 is 0 Å². The van der Waals surface area contributed by atoms with Crippen molar-refractivity contribution < 1.29 is 18.7 Å². The third-order valence-corrected chi connectivity index (χ3v) is 6.70. The SMILES string of the molecule is CNC(=O)c1ccc(Cc2cc3c(c(CN4CCC(C#N)CC4)c2C)OCCNC3=O)cc1F. The number of hydrogen-bond donors (Lipinski definition) is 2. The van der Waals surface area contributed by atoms with Crippen LogP contribution < -0.4 is 15.4 Å². The van der Waals surface area contributed by atoms with Crippen LogP contribution in [0.1, 0.15) is 55.8 Å². The van der Waals surface area contributed by atoms with E-state index in [1.807, 2.05) is 13.0 Å². The van der Waals surface area contributed by atoms with Gasteiger partial charge in [0.1, 0.15) is 18.2 Å². The van der Waals surface area contributed by atoms with E-state index < -0.39 is 11.7 Å². The Bertz CT molecular complexity index is 1150. The summed E-state index contributed by atoms with van der Waals surface area (Å²) in [6.07, 6.45) is 2.08. The van der Waals surface area contributed by atoms with E-state index in [9.17, 15) is 19.2 Å². The highest BCUT2D eigenvalue weighted by Crippen LogP contribution is 2.34. The molecule has 1 saturated heterocycles. The summed E-state index contributed by atoms with van der Waals surface area (Å²) in [5.74, 6) is -0.526. The highest BCUT2D eigenvalue weighted by molar-refractivity contribution is 5.98. The summed E-state index contributed by atoms with van der Waals surface area (Å²) >= 11 is 0. The van der Waals surface area contributed by atoms with Crippen molar-refractivity contribution in [3.8, 4) is 11.8 Å². The Morgan fingerprint density at radius 1 is 1.32 bits per heavy atom. The van der Waals surface area contributed by atoms with E-state index in [0.717, 1.165) is 42.6 Å². The second-order valence-corrected chi connectivity index (χ2v) is 8.87. The maximum Gasteiger partial charge on any atom is 0.255 e. The number of likely N-dealkylation sites (tertiary alicyclic amines) is 1. The van der Waals surface area contributed by atoms with Crippen LogP contribution in [0.25, 0.3) is 0 Å². The standard InChI is InChI=1S/C26H29FN4O3/c1-16-19(11-18-3-4-20(23(27)12-18)25(32)29-2)13-21-24(34-10-7-30-26(21)33)22(16)15-31-8-5-17(14-28)6-9-31/h3-4,12-13,17H,5-11,15H2,1-2H3,(H,29,32)(H,30,33). The van der Waals surface area contributed by atoms with Gasteiger partial charge in [-0.05, 0) is 74.2 Å². The third-order valence-electron chi connectivity index (χ3n) is 6.70. The van der Waals surface area contributed by atoms with Crippen LogP contribution in [0.2, 0.25) is 0 Å². The summed E-state index contributed by atoms with van der Waals surface area (Å²) in [6.45, 7) is 5.09. The smallest absolute Gasteiger partial charge is 0.255 e. The number of amides is 2. The van der Waals surface area contributed by atoms with Crippen LogP contribution in [0.3, 0.4) is 0 Å². The molecule has 2 aliphatic heterocycles. The minimum absolute atomic E-state index is 0.000797. The van der Waals surface area contributed by atoms with Crippen molar-refractivity contribution in [1.82, 2.24) is 15.5 Å². The van der Waals surface area contributed by atoms with Crippen molar-refractivity contribution in [3.63, 3.8) is 0 Å². The number of nitrogens with zero attached hydrogens (tertiary/aromatic N) is 2. The lowest BCUT2D eigenvalue weighted by atomic mass is 9.91. The number of nitriles is 1. The van der Waals surface area contributed by atoms with Gasteiger partial charge in [0.15, 0.2) is 0 Å². The molecule has 1 fully saturated rings. The van der Waals surface area contributed by atoms with Crippen molar-refractivity contribution in [3.05, 3.63) is 63.5 Å². The van der Waals surface area contributed by atoms with E-state index in [2.05, 4.69) is 21.6 Å². The average Bonchev–Trinajstić information content (AvgIpc) is 3.03. The fourth-order valence-corrected chi connectivity index (χ4v) is 4.65. The number of halogens is 1. The first-order chi connectivity index (χ1) is 16.4. The number of fused-ring (bicyclic) bond motifs is 1. The number of piperidine rings is 1. The van der Waals surface area contributed by atoms with Gasteiger partial charge in [-0.15, -0.1) is 0 Å². The van der Waals surface area contributed by atoms with Crippen LogP contribution >= 0.6 is 0 Å². The first-order valence-corrected chi connectivity index (χ1v) is 11.6. The first-order valence-electron chi connectivity index (χ1n) is 11.6. The maximum absolute atomic E-state index is 14.6. The molecule has 0 saturated carbocycles. The van der Waals surface area contributed by atoms with Gasteiger partial charge in [-0.1, -0.05) is 6.07 Å². The van der Waals surface area contributed by atoms with Gasteiger partial charge < -0.3 is 15.4 Å². The predicted octanol–water partition coefficient (Wildman–Crippen LogP) is 2.94. The Morgan fingerprint density at radius 2 is 2.09 bits per heavy atom. The predicted molar refractivity (Wildman–Crippen MR) is 125 cm³/mol. The molecule has 2 N–H and O–H groups in total. The molecule has 8 heteroatoms. The molecule has 34 heavy (non-hydrogen) atoms. The van der Waals surface area contributed by atoms with E-state index in [-0.39, 0.29) is 17.4 Å². The highest BCUT2D eigenvalue weighted by Gasteiger charge is 2.26. The Hall–Kier alpha value is -3.44.